The number of hydrogen-bond acceptors (Lipinski definition) is 5. The fourth-order valence-electron chi connectivity index (χ4n) is 2.40. The van der Waals surface area contributed by atoms with Gasteiger partial charge in [0, 0.05) is 5.56 Å². The van der Waals surface area contributed by atoms with Gasteiger partial charge in [-0.1, -0.05) is 30.3 Å². The highest BCUT2D eigenvalue weighted by Crippen LogP contribution is 2.33. The number of carbonyl (C=O) groups is 3. The summed E-state index contributed by atoms with van der Waals surface area (Å²) >= 11 is 0.804. The van der Waals surface area contributed by atoms with E-state index < -0.39 is 22.9 Å². The number of rotatable bonds is 6. The Balaban J connectivity index is 1.72. The number of imide groups is 1. The smallest absolute Gasteiger partial charge is 0.293 e. The first kappa shape index (κ1) is 18.7. The third kappa shape index (κ3) is 4.53. The van der Waals surface area contributed by atoms with Gasteiger partial charge in [-0.15, -0.1) is 0 Å². The lowest BCUT2D eigenvalue weighted by molar-refractivity contribution is -0.123. The molecule has 0 saturated carbocycles. The summed E-state index contributed by atoms with van der Waals surface area (Å²) in [6.45, 7) is -0.344. The average Bonchev–Trinajstić information content (AvgIpc) is 2.90. The zero-order chi connectivity index (χ0) is 19.4. The number of benzene rings is 2. The minimum Gasteiger partial charge on any atom is -0.484 e. The zero-order valence-corrected chi connectivity index (χ0v) is 14.9. The number of ether oxygens (including phenoxy) is 1. The predicted molar refractivity (Wildman–Crippen MR) is 99.0 cm³/mol. The van der Waals surface area contributed by atoms with Crippen LogP contribution >= 0.6 is 11.8 Å². The van der Waals surface area contributed by atoms with Gasteiger partial charge in [0.25, 0.3) is 17.1 Å². The van der Waals surface area contributed by atoms with Gasteiger partial charge in [0.15, 0.2) is 6.61 Å². The Hall–Kier alpha value is -3.13. The van der Waals surface area contributed by atoms with Crippen LogP contribution in [-0.4, -0.2) is 28.6 Å². The van der Waals surface area contributed by atoms with E-state index in [1.54, 1.807) is 42.5 Å². The van der Waals surface area contributed by atoms with Gasteiger partial charge in [0.1, 0.15) is 11.6 Å². The lowest BCUT2D eigenvalue weighted by atomic mass is 10.2. The molecule has 27 heavy (non-hydrogen) atoms. The van der Waals surface area contributed by atoms with Gasteiger partial charge in [0.2, 0.25) is 0 Å². The van der Waals surface area contributed by atoms with Crippen molar-refractivity contribution in [2.75, 3.05) is 6.61 Å². The number of halogens is 1. The summed E-state index contributed by atoms with van der Waals surface area (Å²) < 4.78 is 18.9. The molecule has 0 bridgehead atoms. The SMILES string of the molecule is NC(=O)COc1ccc(/C=C2\SC(=O)N(Cc3ccccc3F)C2=O)cc1. The summed E-state index contributed by atoms with van der Waals surface area (Å²) in [7, 11) is 0. The molecular weight excluding hydrogens is 371 g/mol. The van der Waals surface area contributed by atoms with Crippen molar-refractivity contribution in [3.63, 3.8) is 0 Å². The standard InChI is InChI=1S/C19H15FN2O4S/c20-15-4-2-1-3-13(15)10-22-18(24)16(27-19(22)25)9-12-5-7-14(8-6-12)26-11-17(21)23/h1-9H,10-11H2,(H2,21,23)/b16-9-. The molecule has 1 aliphatic rings. The second-order valence-corrected chi connectivity index (χ2v) is 6.68. The maximum absolute atomic E-state index is 13.8. The van der Waals surface area contributed by atoms with E-state index in [0.29, 0.717) is 11.3 Å². The first-order valence-corrected chi connectivity index (χ1v) is 8.75. The average molecular weight is 386 g/mol. The minimum absolute atomic E-state index is 0.116. The second-order valence-electron chi connectivity index (χ2n) is 5.68. The molecule has 6 nitrogen and oxygen atoms in total. The van der Waals surface area contributed by atoms with E-state index in [1.165, 1.54) is 12.1 Å². The Morgan fingerprint density at radius 2 is 1.85 bits per heavy atom. The van der Waals surface area contributed by atoms with Crippen molar-refractivity contribution in [2.24, 2.45) is 5.73 Å². The molecule has 2 aromatic carbocycles. The first-order chi connectivity index (χ1) is 12.9. The quantitative estimate of drug-likeness (QED) is 0.771. The number of hydrogen-bond donors (Lipinski definition) is 1. The Bertz CT molecular complexity index is 928. The highest BCUT2D eigenvalue weighted by atomic mass is 32.2. The van der Waals surface area contributed by atoms with Crippen LogP contribution in [0.5, 0.6) is 5.75 Å². The summed E-state index contributed by atoms with van der Waals surface area (Å²) in [5.41, 5.74) is 5.96. The number of primary amides is 1. The monoisotopic (exact) mass is 386 g/mol. The topological polar surface area (TPSA) is 89.7 Å². The van der Waals surface area contributed by atoms with Crippen LogP contribution in [0.2, 0.25) is 0 Å². The molecule has 8 heteroatoms. The summed E-state index contributed by atoms with van der Waals surface area (Å²) in [4.78, 5) is 36.6. The van der Waals surface area contributed by atoms with Crippen molar-refractivity contribution in [3.05, 3.63) is 70.4 Å². The van der Waals surface area contributed by atoms with Crippen molar-refractivity contribution in [2.45, 2.75) is 6.54 Å². The van der Waals surface area contributed by atoms with E-state index in [2.05, 4.69) is 0 Å². The van der Waals surface area contributed by atoms with Gasteiger partial charge in [-0.05, 0) is 41.6 Å². The van der Waals surface area contributed by atoms with Crippen molar-refractivity contribution in [3.8, 4) is 5.75 Å². The van der Waals surface area contributed by atoms with Gasteiger partial charge in [-0.2, -0.15) is 0 Å². The van der Waals surface area contributed by atoms with Gasteiger partial charge < -0.3 is 10.5 Å². The third-order valence-corrected chi connectivity index (χ3v) is 4.63. The molecule has 2 aromatic rings. The van der Waals surface area contributed by atoms with Gasteiger partial charge in [0.05, 0.1) is 11.4 Å². The van der Waals surface area contributed by atoms with Crippen molar-refractivity contribution in [1.82, 2.24) is 4.90 Å². The van der Waals surface area contributed by atoms with Crippen LogP contribution < -0.4 is 10.5 Å². The fraction of sp³-hybridized carbons (Fsp3) is 0.105. The van der Waals surface area contributed by atoms with Crippen molar-refractivity contribution < 1.29 is 23.5 Å². The van der Waals surface area contributed by atoms with E-state index in [1.807, 2.05) is 0 Å². The Morgan fingerprint density at radius 1 is 1.15 bits per heavy atom. The molecule has 3 rings (SSSR count). The molecule has 1 fully saturated rings. The molecule has 138 valence electrons. The van der Waals surface area contributed by atoms with E-state index in [9.17, 15) is 18.8 Å². The Kier molecular flexibility index (Phi) is 5.56. The molecule has 0 aliphatic carbocycles. The van der Waals surface area contributed by atoms with E-state index in [0.717, 1.165) is 16.7 Å². The molecule has 1 aliphatic heterocycles. The van der Waals surface area contributed by atoms with Crippen LogP contribution in [0.4, 0.5) is 9.18 Å². The minimum atomic E-state index is -0.581. The zero-order valence-electron chi connectivity index (χ0n) is 14.1. The normalized spacial score (nSPS) is 15.4. The van der Waals surface area contributed by atoms with Gasteiger partial charge in [-0.3, -0.25) is 19.3 Å². The maximum atomic E-state index is 13.8. The predicted octanol–water partition coefficient (Wildman–Crippen LogP) is 2.93. The number of amides is 3. The van der Waals surface area contributed by atoms with Crippen LogP contribution in [0.3, 0.4) is 0 Å². The lowest BCUT2D eigenvalue weighted by Gasteiger charge is -2.12. The Morgan fingerprint density at radius 3 is 2.52 bits per heavy atom. The largest absolute Gasteiger partial charge is 0.484 e. The molecule has 0 spiro atoms. The summed E-state index contributed by atoms with van der Waals surface area (Å²) in [6.07, 6.45) is 1.57. The molecule has 3 amide bonds. The van der Waals surface area contributed by atoms with Gasteiger partial charge in [-0.25, -0.2) is 4.39 Å². The van der Waals surface area contributed by atoms with Crippen molar-refractivity contribution >= 4 is 34.9 Å². The molecule has 1 saturated heterocycles. The maximum Gasteiger partial charge on any atom is 0.293 e. The third-order valence-electron chi connectivity index (χ3n) is 3.72. The van der Waals surface area contributed by atoms with Crippen LogP contribution in [0.15, 0.2) is 53.4 Å². The van der Waals surface area contributed by atoms with Crippen LogP contribution in [-0.2, 0) is 16.1 Å². The number of carbonyl (C=O) groups excluding carboxylic acids is 3. The molecular formula is C19H15FN2O4S. The lowest BCUT2D eigenvalue weighted by Crippen LogP contribution is -2.27. The van der Waals surface area contributed by atoms with Gasteiger partial charge >= 0.3 is 0 Å². The number of nitrogens with two attached hydrogens (primary N) is 1. The van der Waals surface area contributed by atoms with E-state index in [4.69, 9.17) is 10.5 Å². The van der Waals surface area contributed by atoms with Crippen LogP contribution in [0, 0.1) is 5.82 Å². The Labute approximate surface area is 158 Å². The van der Waals surface area contributed by atoms with Crippen LogP contribution in [0.25, 0.3) is 6.08 Å². The summed E-state index contributed by atoms with van der Waals surface area (Å²) in [5.74, 6) is -1.06. The van der Waals surface area contributed by atoms with E-state index in [-0.39, 0.29) is 23.6 Å². The first-order valence-electron chi connectivity index (χ1n) is 7.94. The molecule has 0 unspecified atom stereocenters. The summed E-state index contributed by atoms with van der Waals surface area (Å²) in [5, 5.41) is -0.448. The van der Waals surface area contributed by atoms with E-state index >= 15 is 0 Å². The number of thioether (sulfide) groups is 1. The van der Waals surface area contributed by atoms with Crippen LogP contribution in [0.1, 0.15) is 11.1 Å². The molecule has 0 atom stereocenters. The number of nitrogens with zero attached hydrogens (tertiary/aromatic N) is 1. The molecule has 0 aromatic heterocycles. The molecule has 0 radical (unpaired) electrons. The second kappa shape index (κ2) is 8.05. The highest BCUT2D eigenvalue weighted by Gasteiger charge is 2.35. The van der Waals surface area contributed by atoms with Crippen molar-refractivity contribution in [1.29, 1.82) is 0 Å². The highest BCUT2D eigenvalue weighted by molar-refractivity contribution is 8.18. The summed E-state index contributed by atoms with van der Waals surface area (Å²) in [6, 6.07) is 12.6. The molecule has 1 heterocycles. The molecule has 2 N–H and O–H groups in total. The fourth-order valence-corrected chi connectivity index (χ4v) is 3.24.